The van der Waals surface area contributed by atoms with Crippen LogP contribution in [0, 0.1) is 5.82 Å². The smallest absolute Gasteiger partial charge is 0.255 e. The van der Waals surface area contributed by atoms with Gasteiger partial charge in [-0.15, -0.1) is 0 Å². The minimum absolute atomic E-state index is 0.106. The van der Waals surface area contributed by atoms with Gasteiger partial charge in [-0.3, -0.25) is 4.79 Å². The molecule has 132 valence electrons. The highest BCUT2D eigenvalue weighted by Gasteiger charge is 2.19. The van der Waals surface area contributed by atoms with E-state index in [1.54, 1.807) is 17.0 Å². The first kappa shape index (κ1) is 18.1. The molecule has 0 spiro atoms. The largest absolute Gasteiger partial charge is 0.378 e. The molecule has 3 rings (SSSR count). The highest BCUT2D eigenvalue weighted by molar-refractivity contribution is 9.10. The number of nitrogens with zero attached hydrogens (tertiary/aromatic N) is 2. The average molecular weight is 429 g/mol. The van der Waals surface area contributed by atoms with E-state index in [9.17, 15) is 9.18 Å². The first-order chi connectivity index (χ1) is 12.0. The zero-order valence-corrected chi connectivity index (χ0v) is 15.6. The molecule has 1 fully saturated rings. The summed E-state index contributed by atoms with van der Waals surface area (Å²) in [6, 6.07) is 6.07. The fraction of sp³-hybridized carbons (Fsp3) is 0.294. The molecule has 1 aromatic heterocycles. The molecular formula is C17H16BrClFN3O2. The molecule has 0 aliphatic carbocycles. The Morgan fingerprint density at radius 2 is 2.12 bits per heavy atom. The Bertz CT molecular complexity index is 784. The van der Waals surface area contributed by atoms with Crippen molar-refractivity contribution in [1.82, 2.24) is 9.88 Å². The molecule has 2 aromatic rings. The molecule has 1 aliphatic rings. The van der Waals surface area contributed by atoms with E-state index >= 15 is 0 Å². The van der Waals surface area contributed by atoms with Crippen molar-refractivity contribution in [2.24, 2.45) is 0 Å². The zero-order valence-electron chi connectivity index (χ0n) is 13.3. The number of pyridine rings is 1. The van der Waals surface area contributed by atoms with E-state index in [2.05, 4.69) is 26.2 Å². The van der Waals surface area contributed by atoms with Crippen LogP contribution in [0.3, 0.4) is 0 Å². The van der Waals surface area contributed by atoms with Gasteiger partial charge in [0.05, 0.1) is 23.8 Å². The van der Waals surface area contributed by atoms with Crippen molar-refractivity contribution < 1.29 is 13.9 Å². The molecule has 0 bridgehead atoms. The van der Waals surface area contributed by atoms with E-state index in [0.29, 0.717) is 53.7 Å². The summed E-state index contributed by atoms with van der Waals surface area (Å²) in [6.07, 6.45) is 1.51. The van der Waals surface area contributed by atoms with Gasteiger partial charge in [0.25, 0.3) is 5.91 Å². The second-order valence-corrected chi connectivity index (χ2v) is 6.81. The molecule has 1 aromatic carbocycles. The van der Waals surface area contributed by atoms with Crippen LogP contribution in [-0.4, -0.2) is 42.1 Å². The molecule has 2 heterocycles. The Balaban J connectivity index is 1.68. The molecule has 0 atom stereocenters. The van der Waals surface area contributed by atoms with Gasteiger partial charge in [-0.2, -0.15) is 0 Å². The Morgan fingerprint density at radius 1 is 1.36 bits per heavy atom. The number of nitrogens with one attached hydrogen (secondary N) is 1. The predicted octanol–water partition coefficient (Wildman–Crippen LogP) is 3.72. The van der Waals surface area contributed by atoms with Gasteiger partial charge < -0.3 is 15.0 Å². The quantitative estimate of drug-likeness (QED) is 0.806. The molecule has 0 saturated carbocycles. The van der Waals surface area contributed by atoms with E-state index < -0.39 is 0 Å². The van der Waals surface area contributed by atoms with Crippen LogP contribution in [0.25, 0.3) is 0 Å². The highest BCUT2D eigenvalue weighted by Crippen LogP contribution is 2.24. The molecule has 1 saturated heterocycles. The third-order valence-corrected chi connectivity index (χ3v) is 4.87. The van der Waals surface area contributed by atoms with Crippen molar-refractivity contribution in [3.8, 4) is 0 Å². The van der Waals surface area contributed by atoms with Crippen molar-refractivity contribution in [1.29, 1.82) is 0 Å². The Morgan fingerprint density at radius 3 is 2.80 bits per heavy atom. The minimum Gasteiger partial charge on any atom is -0.378 e. The second-order valence-electron chi connectivity index (χ2n) is 5.55. The van der Waals surface area contributed by atoms with Crippen LogP contribution in [0.5, 0.6) is 0 Å². The lowest BCUT2D eigenvalue weighted by Crippen LogP contribution is -2.40. The number of carbonyl (C=O) groups is 1. The van der Waals surface area contributed by atoms with Gasteiger partial charge in [-0.05, 0) is 23.8 Å². The van der Waals surface area contributed by atoms with Gasteiger partial charge in [-0.1, -0.05) is 33.6 Å². The maximum atomic E-state index is 13.1. The number of hydrogen-bond donors (Lipinski definition) is 1. The molecule has 1 amide bonds. The van der Waals surface area contributed by atoms with Crippen molar-refractivity contribution in [3.63, 3.8) is 0 Å². The normalized spacial score (nSPS) is 14.4. The monoisotopic (exact) mass is 427 g/mol. The van der Waals surface area contributed by atoms with Gasteiger partial charge in [-0.25, -0.2) is 9.37 Å². The molecule has 5 nitrogen and oxygen atoms in total. The lowest BCUT2D eigenvalue weighted by molar-refractivity contribution is 0.0302. The summed E-state index contributed by atoms with van der Waals surface area (Å²) in [5, 5.41) is 3.45. The number of benzene rings is 1. The number of carbonyl (C=O) groups excluding carboxylic acids is 1. The number of hydrogen-bond acceptors (Lipinski definition) is 4. The highest BCUT2D eigenvalue weighted by atomic mass is 79.9. The number of aromatic nitrogens is 1. The maximum absolute atomic E-state index is 13.1. The van der Waals surface area contributed by atoms with Gasteiger partial charge in [0.15, 0.2) is 0 Å². The fourth-order valence-corrected chi connectivity index (χ4v) is 3.20. The molecule has 1 aliphatic heterocycles. The third kappa shape index (κ3) is 4.48. The minimum atomic E-state index is -0.308. The van der Waals surface area contributed by atoms with Crippen molar-refractivity contribution in [2.75, 3.05) is 31.6 Å². The third-order valence-electron chi connectivity index (χ3n) is 3.85. The molecule has 1 N–H and O–H groups in total. The van der Waals surface area contributed by atoms with Crippen molar-refractivity contribution in [2.45, 2.75) is 6.54 Å². The Hall–Kier alpha value is -1.70. The van der Waals surface area contributed by atoms with Gasteiger partial charge in [0, 0.05) is 30.3 Å². The number of halogens is 3. The molecule has 25 heavy (non-hydrogen) atoms. The van der Waals surface area contributed by atoms with Crippen molar-refractivity contribution in [3.05, 3.63) is 56.9 Å². The lowest BCUT2D eigenvalue weighted by atomic mass is 10.2. The van der Waals surface area contributed by atoms with E-state index in [1.165, 1.54) is 18.3 Å². The summed E-state index contributed by atoms with van der Waals surface area (Å²) in [4.78, 5) is 18.4. The Labute approximate surface area is 158 Å². The first-order valence-electron chi connectivity index (χ1n) is 7.75. The van der Waals surface area contributed by atoms with Crippen LogP contribution in [0.15, 0.2) is 34.9 Å². The summed E-state index contributed by atoms with van der Waals surface area (Å²) in [6.45, 7) is 2.63. The number of ether oxygens (including phenoxy) is 1. The van der Waals surface area contributed by atoms with Crippen LogP contribution in [0.4, 0.5) is 10.2 Å². The van der Waals surface area contributed by atoms with Crippen LogP contribution in [0.2, 0.25) is 5.02 Å². The van der Waals surface area contributed by atoms with Crippen LogP contribution < -0.4 is 5.32 Å². The zero-order chi connectivity index (χ0) is 17.8. The summed E-state index contributed by atoms with van der Waals surface area (Å²) in [5.74, 6) is 0.0553. The van der Waals surface area contributed by atoms with E-state index in [1.807, 2.05) is 0 Å². The SMILES string of the molecule is O=C(c1cnc(NCc2ccc(F)cc2Br)c(Cl)c1)N1CCOCC1. The van der Waals surface area contributed by atoms with Crippen molar-refractivity contribution >= 4 is 39.3 Å². The predicted molar refractivity (Wildman–Crippen MR) is 97.4 cm³/mol. The molecule has 8 heteroatoms. The van der Waals surface area contributed by atoms with Gasteiger partial charge in [0.1, 0.15) is 11.6 Å². The van der Waals surface area contributed by atoms with E-state index in [-0.39, 0.29) is 11.7 Å². The standard InChI is InChI=1S/C17H16BrClFN3O2/c18-14-8-13(20)2-1-11(14)9-21-16-15(19)7-12(10-22-16)17(24)23-3-5-25-6-4-23/h1-2,7-8,10H,3-6,9H2,(H,21,22). The van der Waals surface area contributed by atoms with Gasteiger partial charge in [0.2, 0.25) is 0 Å². The van der Waals surface area contributed by atoms with Crippen LogP contribution >= 0.6 is 27.5 Å². The molecular weight excluding hydrogens is 413 g/mol. The summed E-state index contributed by atoms with van der Waals surface area (Å²) in [5.41, 5.74) is 1.31. The van der Waals surface area contributed by atoms with E-state index in [4.69, 9.17) is 16.3 Å². The Kier molecular flexibility index (Phi) is 5.88. The molecule has 0 radical (unpaired) electrons. The maximum Gasteiger partial charge on any atom is 0.255 e. The summed E-state index contributed by atoms with van der Waals surface area (Å²) >= 11 is 9.57. The summed E-state index contributed by atoms with van der Waals surface area (Å²) < 4.78 is 19.0. The first-order valence-corrected chi connectivity index (χ1v) is 8.92. The second kappa shape index (κ2) is 8.12. The lowest BCUT2D eigenvalue weighted by Gasteiger charge is -2.26. The number of anilines is 1. The number of rotatable bonds is 4. The van der Waals surface area contributed by atoms with E-state index in [0.717, 1.165) is 5.56 Å². The average Bonchev–Trinajstić information content (AvgIpc) is 2.62. The van der Waals surface area contributed by atoms with Gasteiger partial charge >= 0.3 is 0 Å². The number of morpholine rings is 1. The number of amides is 1. The van der Waals surface area contributed by atoms with Crippen LogP contribution in [0.1, 0.15) is 15.9 Å². The topological polar surface area (TPSA) is 54.5 Å². The molecule has 0 unspecified atom stereocenters. The van der Waals surface area contributed by atoms with Crippen LogP contribution in [-0.2, 0) is 11.3 Å². The summed E-state index contributed by atoms with van der Waals surface area (Å²) in [7, 11) is 0. The fourth-order valence-electron chi connectivity index (χ4n) is 2.48.